The lowest BCUT2D eigenvalue weighted by Gasteiger charge is -2.42. The van der Waals surface area contributed by atoms with Crippen LogP contribution in [0.2, 0.25) is 0 Å². The number of nitrogens with zero attached hydrogens (tertiary/aromatic N) is 2. The monoisotopic (exact) mass is 233 g/mol. The van der Waals surface area contributed by atoms with E-state index in [0.29, 0.717) is 19.1 Å². The average molecular weight is 233 g/mol. The maximum atomic E-state index is 11.6. The predicted octanol–water partition coefficient (Wildman–Crippen LogP) is -1.07. The van der Waals surface area contributed by atoms with Crippen LogP contribution in [0.4, 0.5) is 0 Å². The molecule has 0 atom stereocenters. The van der Waals surface area contributed by atoms with Crippen LogP contribution in [-0.4, -0.2) is 68.7 Å². The highest BCUT2D eigenvalue weighted by Gasteiger charge is 2.30. The van der Waals surface area contributed by atoms with Gasteiger partial charge in [-0.1, -0.05) is 0 Å². The number of piperazine rings is 1. The van der Waals surface area contributed by atoms with Gasteiger partial charge >= 0.3 is 0 Å². The highest BCUT2D eigenvalue weighted by molar-refractivity contribution is 7.89. The van der Waals surface area contributed by atoms with E-state index >= 15 is 0 Å². The van der Waals surface area contributed by atoms with E-state index in [1.165, 1.54) is 0 Å². The fourth-order valence-corrected chi connectivity index (χ4v) is 3.15. The number of hydrogen-bond acceptors (Lipinski definition) is 4. The van der Waals surface area contributed by atoms with Gasteiger partial charge < -0.3 is 5.32 Å². The van der Waals surface area contributed by atoms with Crippen molar-refractivity contribution in [3.8, 4) is 0 Å². The highest BCUT2D eigenvalue weighted by atomic mass is 32.2. The lowest BCUT2D eigenvalue weighted by atomic mass is 10.1. The SMILES string of the molecule is CCS(=O)(=O)N1CCN(C2CNC2)CC1. The lowest BCUT2D eigenvalue weighted by Crippen LogP contribution is -2.62. The van der Waals surface area contributed by atoms with Crippen molar-refractivity contribution < 1.29 is 8.42 Å². The summed E-state index contributed by atoms with van der Waals surface area (Å²) in [7, 11) is -2.97. The van der Waals surface area contributed by atoms with E-state index in [1.807, 2.05) is 0 Å². The summed E-state index contributed by atoms with van der Waals surface area (Å²) in [5, 5.41) is 3.24. The quantitative estimate of drug-likeness (QED) is 0.674. The van der Waals surface area contributed by atoms with E-state index in [0.717, 1.165) is 26.2 Å². The second-order valence-electron chi connectivity index (χ2n) is 4.15. The number of hydrogen-bond donors (Lipinski definition) is 1. The van der Waals surface area contributed by atoms with Gasteiger partial charge in [-0.2, -0.15) is 4.31 Å². The van der Waals surface area contributed by atoms with Gasteiger partial charge in [-0.05, 0) is 6.92 Å². The third-order valence-corrected chi connectivity index (χ3v) is 5.19. The van der Waals surface area contributed by atoms with Gasteiger partial charge in [0.2, 0.25) is 10.0 Å². The fourth-order valence-electron chi connectivity index (χ4n) is 2.06. The van der Waals surface area contributed by atoms with E-state index < -0.39 is 10.0 Å². The zero-order chi connectivity index (χ0) is 10.9. The Kier molecular flexibility index (Phi) is 3.30. The molecule has 0 aromatic carbocycles. The standard InChI is InChI=1S/C9H19N3O2S/c1-2-15(13,14)12-5-3-11(4-6-12)9-7-10-8-9/h9-10H,2-8H2,1H3. The minimum absolute atomic E-state index is 0.220. The van der Waals surface area contributed by atoms with Crippen LogP contribution >= 0.6 is 0 Å². The second kappa shape index (κ2) is 4.37. The third-order valence-electron chi connectivity index (χ3n) is 3.31. The molecule has 2 aliphatic heterocycles. The highest BCUT2D eigenvalue weighted by Crippen LogP contribution is 2.12. The van der Waals surface area contributed by atoms with Gasteiger partial charge in [0.25, 0.3) is 0 Å². The van der Waals surface area contributed by atoms with Crippen LogP contribution in [0.3, 0.4) is 0 Å². The summed E-state index contributed by atoms with van der Waals surface area (Å²) in [6, 6.07) is 0.636. The predicted molar refractivity (Wildman–Crippen MR) is 59.3 cm³/mol. The summed E-state index contributed by atoms with van der Waals surface area (Å²) in [5.41, 5.74) is 0. The smallest absolute Gasteiger partial charge is 0.213 e. The van der Waals surface area contributed by atoms with Gasteiger partial charge in [0.1, 0.15) is 0 Å². The molecule has 2 fully saturated rings. The Bertz CT molecular complexity index is 305. The minimum atomic E-state index is -2.97. The Labute approximate surface area is 91.5 Å². The van der Waals surface area contributed by atoms with Crippen LogP contribution in [-0.2, 0) is 10.0 Å². The Morgan fingerprint density at radius 2 is 1.80 bits per heavy atom. The summed E-state index contributed by atoms with van der Waals surface area (Å²) in [6.45, 7) is 6.90. The molecule has 2 saturated heterocycles. The summed E-state index contributed by atoms with van der Waals surface area (Å²) >= 11 is 0. The first kappa shape index (κ1) is 11.3. The van der Waals surface area contributed by atoms with Crippen LogP contribution < -0.4 is 5.32 Å². The molecule has 0 bridgehead atoms. The number of sulfonamides is 1. The average Bonchev–Trinajstić information content (AvgIpc) is 2.16. The Hall–Kier alpha value is -0.170. The summed E-state index contributed by atoms with van der Waals surface area (Å²) in [5.74, 6) is 0.220. The Morgan fingerprint density at radius 1 is 1.20 bits per heavy atom. The summed E-state index contributed by atoms with van der Waals surface area (Å²) in [6.07, 6.45) is 0. The molecule has 2 heterocycles. The molecule has 0 aliphatic carbocycles. The van der Waals surface area contributed by atoms with Gasteiger partial charge in [-0.3, -0.25) is 4.90 Å². The van der Waals surface area contributed by atoms with E-state index in [9.17, 15) is 8.42 Å². The molecule has 0 spiro atoms. The van der Waals surface area contributed by atoms with Crippen LogP contribution in [0.15, 0.2) is 0 Å². The van der Waals surface area contributed by atoms with Crippen molar-refractivity contribution in [1.29, 1.82) is 0 Å². The zero-order valence-electron chi connectivity index (χ0n) is 9.15. The van der Waals surface area contributed by atoms with Gasteiger partial charge in [0, 0.05) is 45.3 Å². The molecule has 0 aromatic rings. The van der Waals surface area contributed by atoms with Crippen LogP contribution in [0.1, 0.15) is 6.92 Å². The molecule has 2 aliphatic rings. The maximum absolute atomic E-state index is 11.6. The molecular formula is C9H19N3O2S. The molecule has 0 radical (unpaired) electrons. The van der Waals surface area contributed by atoms with Crippen molar-refractivity contribution in [1.82, 2.24) is 14.5 Å². The van der Waals surface area contributed by atoms with E-state index in [2.05, 4.69) is 10.2 Å². The molecule has 5 nitrogen and oxygen atoms in total. The van der Waals surface area contributed by atoms with Gasteiger partial charge in [0.15, 0.2) is 0 Å². The normalized spacial score (nSPS) is 26.5. The first-order valence-corrected chi connectivity index (χ1v) is 7.17. The van der Waals surface area contributed by atoms with Crippen LogP contribution in [0.25, 0.3) is 0 Å². The van der Waals surface area contributed by atoms with Crippen molar-refractivity contribution >= 4 is 10.0 Å². The van der Waals surface area contributed by atoms with Crippen LogP contribution in [0.5, 0.6) is 0 Å². The molecule has 15 heavy (non-hydrogen) atoms. The van der Waals surface area contributed by atoms with E-state index in [-0.39, 0.29) is 5.75 Å². The number of nitrogens with one attached hydrogen (secondary N) is 1. The van der Waals surface area contributed by atoms with E-state index in [1.54, 1.807) is 11.2 Å². The molecule has 0 unspecified atom stereocenters. The second-order valence-corrected chi connectivity index (χ2v) is 6.41. The molecule has 1 N–H and O–H groups in total. The molecular weight excluding hydrogens is 214 g/mol. The third kappa shape index (κ3) is 2.33. The van der Waals surface area contributed by atoms with Crippen molar-refractivity contribution in [3.63, 3.8) is 0 Å². The van der Waals surface area contributed by atoms with E-state index in [4.69, 9.17) is 0 Å². The maximum Gasteiger partial charge on any atom is 0.213 e. The van der Waals surface area contributed by atoms with Crippen LogP contribution in [0, 0.1) is 0 Å². The molecule has 88 valence electrons. The molecule has 6 heteroatoms. The summed E-state index contributed by atoms with van der Waals surface area (Å²) in [4.78, 5) is 2.39. The first-order chi connectivity index (χ1) is 7.13. The molecule has 0 saturated carbocycles. The summed E-state index contributed by atoms with van der Waals surface area (Å²) < 4.78 is 24.8. The van der Waals surface area contributed by atoms with Crippen molar-refractivity contribution in [2.24, 2.45) is 0 Å². The van der Waals surface area contributed by atoms with Gasteiger partial charge in [0.05, 0.1) is 5.75 Å². The van der Waals surface area contributed by atoms with Crippen molar-refractivity contribution in [2.45, 2.75) is 13.0 Å². The molecule has 2 rings (SSSR count). The lowest BCUT2D eigenvalue weighted by molar-refractivity contribution is 0.103. The van der Waals surface area contributed by atoms with Crippen molar-refractivity contribution in [2.75, 3.05) is 45.0 Å². The first-order valence-electron chi connectivity index (χ1n) is 5.56. The largest absolute Gasteiger partial charge is 0.314 e. The number of rotatable bonds is 3. The Balaban J connectivity index is 1.86. The van der Waals surface area contributed by atoms with Crippen molar-refractivity contribution in [3.05, 3.63) is 0 Å². The Morgan fingerprint density at radius 3 is 2.20 bits per heavy atom. The van der Waals surface area contributed by atoms with Gasteiger partial charge in [-0.15, -0.1) is 0 Å². The topological polar surface area (TPSA) is 52.7 Å². The zero-order valence-corrected chi connectivity index (χ0v) is 9.96. The fraction of sp³-hybridized carbons (Fsp3) is 1.00. The van der Waals surface area contributed by atoms with Gasteiger partial charge in [-0.25, -0.2) is 8.42 Å². The molecule has 0 amide bonds. The molecule has 0 aromatic heterocycles. The minimum Gasteiger partial charge on any atom is -0.314 e.